The van der Waals surface area contributed by atoms with E-state index >= 15 is 0 Å². The Balaban J connectivity index is 1.64. The van der Waals surface area contributed by atoms with Gasteiger partial charge in [-0.15, -0.1) is 0 Å². The number of ether oxygens (including phenoxy) is 2. The molecule has 0 bridgehead atoms. The first-order chi connectivity index (χ1) is 17.3. The van der Waals surface area contributed by atoms with Gasteiger partial charge < -0.3 is 14.8 Å². The summed E-state index contributed by atoms with van der Waals surface area (Å²) in [6.45, 7) is -0.637. The van der Waals surface area contributed by atoms with Gasteiger partial charge in [0.2, 0.25) is 5.88 Å². The number of rotatable bonds is 6. The molecule has 0 spiro atoms. The quantitative estimate of drug-likeness (QED) is 0.352. The first kappa shape index (κ1) is 27.6. The first-order valence-electron chi connectivity index (χ1n) is 10.1. The van der Waals surface area contributed by atoms with Crippen LogP contribution in [0.25, 0.3) is 0 Å². The number of nitrogens with one attached hydrogen (secondary N) is 2. The first-order valence-corrected chi connectivity index (χ1v) is 10.5. The SMILES string of the molecule is COc1cccc(Cl)c1C(=O)NC(=O)Nc1ccc(OCc2cc(C(F)(F)F)cc(C(F)(F)F)c2)nc1. The van der Waals surface area contributed by atoms with E-state index in [1.807, 2.05) is 0 Å². The van der Waals surface area contributed by atoms with Crippen molar-refractivity contribution in [3.8, 4) is 11.6 Å². The highest BCUT2D eigenvalue weighted by Gasteiger charge is 2.36. The summed E-state index contributed by atoms with van der Waals surface area (Å²) in [5.41, 5.74) is -3.28. The van der Waals surface area contributed by atoms with Crippen LogP contribution in [0.15, 0.2) is 54.7 Å². The molecular weight excluding hydrogens is 532 g/mol. The third-order valence-corrected chi connectivity index (χ3v) is 4.99. The van der Waals surface area contributed by atoms with E-state index in [4.69, 9.17) is 21.1 Å². The lowest BCUT2D eigenvalue weighted by Gasteiger charge is -2.14. The zero-order valence-corrected chi connectivity index (χ0v) is 19.4. The van der Waals surface area contributed by atoms with E-state index in [1.54, 1.807) is 6.07 Å². The molecule has 0 aliphatic heterocycles. The van der Waals surface area contributed by atoms with E-state index in [1.165, 1.54) is 31.4 Å². The third kappa shape index (κ3) is 7.26. The molecule has 7 nitrogen and oxygen atoms in total. The van der Waals surface area contributed by atoms with Crippen LogP contribution >= 0.6 is 11.6 Å². The third-order valence-electron chi connectivity index (χ3n) is 4.68. The standard InChI is InChI=1S/C23H16ClF6N3O4/c1-36-17-4-2-3-16(24)19(17)20(34)33-21(35)32-15-5-6-18(31-10-15)37-11-12-7-13(22(25,26)27)9-14(8-12)23(28,29)30/h2-10H,11H2,1H3,(H2,32,33,34,35). The summed E-state index contributed by atoms with van der Waals surface area (Å²) in [5, 5.41) is 4.44. The molecule has 1 aromatic heterocycles. The van der Waals surface area contributed by atoms with Gasteiger partial charge in [-0.05, 0) is 42.0 Å². The molecule has 2 N–H and O–H groups in total. The van der Waals surface area contributed by atoms with Gasteiger partial charge in [0, 0.05) is 6.07 Å². The van der Waals surface area contributed by atoms with Crippen molar-refractivity contribution >= 4 is 29.2 Å². The van der Waals surface area contributed by atoms with Gasteiger partial charge in [0.25, 0.3) is 5.91 Å². The van der Waals surface area contributed by atoms with Crippen molar-refractivity contribution < 1.29 is 45.4 Å². The fraction of sp³-hybridized carbons (Fsp3) is 0.174. The van der Waals surface area contributed by atoms with E-state index in [0.717, 1.165) is 6.20 Å². The molecule has 196 valence electrons. The molecule has 3 aromatic rings. The van der Waals surface area contributed by atoms with Gasteiger partial charge in [-0.1, -0.05) is 17.7 Å². The second-order valence-corrected chi connectivity index (χ2v) is 7.72. The van der Waals surface area contributed by atoms with E-state index in [-0.39, 0.29) is 39.5 Å². The van der Waals surface area contributed by atoms with Crippen LogP contribution in [-0.2, 0) is 19.0 Å². The molecule has 0 radical (unpaired) electrons. The van der Waals surface area contributed by atoms with Gasteiger partial charge in [0.05, 0.1) is 35.1 Å². The Bertz CT molecular complexity index is 1260. The summed E-state index contributed by atoms with van der Waals surface area (Å²) in [5.74, 6) is -0.843. The Morgan fingerprint density at radius 3 is 2.16 bits per heavy atom. The minimum absolute atomic E-state index is 0.0137. The number of imide groups is 1. The van der Waals surface area contributed by atoms with Crippen LogP contribution in [0.2, 0.25) is 5.02 Å². The van der Waals surface area contributed by atoms with Crippen molar-refractivity contribution in [3.63, 3.8) is 0 Å². The highest BCUT2D eigenvalue weighted by molar-refractivity contribution is 6.34. The number of carbonyl (C=O) groups is 2. The van der Waals surface area contributed by atoms with Gasteiger partial charge in [-0.3, -0.25) is 10.1 Å². The minimum atomic E-state index is -4.99. The molecule has 2 aromatic carbocycles. The number of hydrogen-bond acceptors (Lipinski definition) is 5. The predicted molar refractivity (Wildman–Crippen MR) is 120 cm³/mol. The topological polar surface area (TPSA) is 89.5 Å². The number of benzene rings is 2. The van der Waals surface area contributed by atoms with Crippen molar-refractivity contribution in [2.24, 2.45) is 0 Å². The fourth-order valence-corrected chi connectivity index (χ4v) is 3.27. The summed E-state index contributed by atoms with van der Waals surface area (Å²) in [6.07, 6.45) is -8.87. The summed E-state index contributed by atoms with van der Waals surface area (Å²) in [4.78, 5) is 28.4. The molecule has 37 heavy (non-hydrogen) atoms. The number of halogens is 7. The van der Waals surface area contributed by atoms with Crippen molar-refractivity contribution in [1.82, 2.24) is 10.3 Å². The highest BCUT2D eigenvalue weighted by Crippen LogP contribution is 2.36. The Morgan fingerprint density at radius 1 is 0.973 bits per heavy atom. The highest BCUT2D eigenvalue weighted by atomic mass is 35.5. The summed E-state index contributed by atoms with van der Waals surface area (Å²) in [6, 6.07) is 7.12. The summed E-state index contributed by atoms with van der Waals surface area (Å²) in [7, 11) is 1.32. The van der Waals surface area contributed by atoms with E-state index in [9.17, 15) is 35.9 Å². The monoisotopic (exact) mass is 547 g/mol. The number of amides is 3. The van der Waals surface area contributed by atoms with Gasteiger partial charge in [0.15, 0.2) is 0 Å². The van der Waals surface area contributed by atoms with Crippen molar-refractivity contribution in [1.29, 1.82) is 0 Å². The number of methoxy groups -OCH3 is 1. The van der Waals surface area contributed by atoms with Crippen LogP contribution in [0, 0.1) is 0 Å². The Hall–Kier alpha value is -4.00. The van der Waals surface area contributed by atoms with Crippen LogP contribution in [0.4, 0.5) is 36.8 Å². The molecular formula is C23H16ClF6N3O4. The zero-order chi connectivity index (χ0) is 27.4. The van der Waals surface area contributed by atoms with Crippen molar-refractivity contribution in [2.75, 3.05) is 12.4 Å². The molecule has 0 aliphatic carbocycles. The number of nitrogens with zero attached hydrogens (tertiary/aromatic N) is 1. The van der Waals surface area contributed by atoms with E-state index in [0.29, 0.717) is 12.1 Å². The Morgan fingerprint density at radius 2 is 1.62 bits per heavy atom. The maximum Gasteiger partial charge on any atom is 0.416 e. The average Bonchev–Trinajstić information content (AvgIpc) is 2.82. The normalized spacial score (nSPS) is 11.6. The zero-order valence-electron chi connectivity index (χ0n) is 18.6. The Labute approximate surface area is 210 Å². The smallest absolute Gasteiger partial charge is 0.416 e. The number of alkyl halides is 6. The largest absolute Gasteiger partial charge is 0.496 e. The molecule has 0 atom stereocenters. The molecule has 3 rings (SSSR count). The minimum Gasteiger partial charge on any atom is -0.496 e. The molecule has 1 heterocycles. The second-order valence-electron chi connectivity index (χ2n) is 7.31. The maximum absolute atomic E-state index is 13.0. The molecule has 3 amide bonds. The second kappa shape index (κ2) is 10.9. The van der Waals surface area contributed by atoms with E-state index < -0.39 is 42.0 Å². The van der Waals surface area contributed by atoms with Gasteiger partial charge in [-0.25, -0.2) is 9.78 Å². The lowest BCUT2D eigenvalue weighted by Crippen LogP contribution is -2.34. The predicted octanol–water partition coefficient (Wildman–Crippen LogP) is 6.32. The van der Waals surface area contributed by atoms with Crippen LogP contribution < -0.4 is 20.1 Å². The molecule has 0 saturated heterocycles. The lowest BCUT2D eigenvalue weighted by atomic mass is 10.1. The molecule has 0 unspecified atom stereocenters. The molecule has 0 aliphatic rings. The van der Waals surface area contributed by atoms with Crippen LogP contribution in [0.5, 0.6) is 11.6 Å². The molecule has 14 heteroatoms. The Kier molecular flexibility index (Phi) is 8.16. The van der Waals surface area contributed by atoms with Gasteiger partial charge in [-0.2, -0.15) is 26.3 Å². The van der Waals surface area contributed by atoms with Crippen molar-refractivity contribution in [2.45, 2.75) is 19.0 Å². The number of hydrogen-bond donors (Lipinski definition) is 2. The number of anilines is 1. The van der Waals surface area contributed by atoms with Crippen molar-refractivity contribution in [3.05, 3.63) is 82.0 Å². The number of pyridine rings is 1. The molecule has 0 saturated carbocycles. The fourth-order valence-electron chi connectivity index (χ4n) is 3.02. The van der Waals surface area contributed by atoms with Gasteiger partial charge >= 0.3 is 18.4 Å². The van der Waals surface area contributed by atoms with Crippen LogP contribution in [-0.4, -0.2) is 24.0 Å². The number of urea groups is 1. The summed E-state index contributed by atoms with van der Waals surface area (Å²) < 4.78 is 88.2. The van der Waals surface area contributed by atoms with E-state index in [2.05, 4.69) is 15.6 Å². The van der Waals surface area contributed by atoms with Crippen LogP contribution in [0.1, 0.15) is 27.0 Å². The summed E-state index contributed by atoms with van der Waals surface area (Å²) >= 11 is 5.99. The lowest BCUT2D eigenvalue weighted by molar-refractivity contribution is -0.143. The number of carbonyl (C=O) groups excluding carboxylic acids is 2. The number of aromatic nitrogens is 1. The average molecular weight is 548 g/mol. The van der Waals surface area contributed by atoms with Crippen LogP contribution in [0.3, 0.4) is 0 Å². The molecule has 0 fully saturated rings. The van der Waals surface area contributed by atoms with Gasteiger partial charge in [0.1, 0.15) is 17.9 Å². The maximum atomic E-state index is 13.0.